The molecule has 4 aromatic carbocycles. The van der Waals surface area contributed by atoms with Gasteiger partial charge < -0.3 is 0 Å². The maximum absolute atomic E-state index is 4.94. The van der Waals surface area contributed by atoms with Gasteiger partial charge in [-0.25, -0.2) is 4.98 Å². The summed E-state index contributed by atoms with van der Waals surface area (Å²) < 4.78 is 1.24. The van der Waals surface area contributed by atoms with Crippen LogP contribution in [0.3, 0.4) is 0 Å². The summed E-state index contributed by atoms with van der Waals surface area (Å²) in [5, 5.41) is 6.09. The molecule has 0 unspecified atom stereocenters. The average molecular weight is 311 g/mol. The molecule has 0 aliphatic rings. The van der Waals surface area contributed by atoms with Gasteiger partial charge in [-0.15, -0.1) is 11.3 Å². The molecule has 5 rings (SSSR count). The highest BCUT2D eigenvalue weighted by Crippen LogP contribution is 2.35. The molecule has 5 aromatic rings. The molecule has 0 radical (unpaired) electrons. The van der Waals surface area contributed by atoms with Crippen LogP contribution in [0.25, 0.3) is 42.3 Å². The third kappa shape index (κ3) is 2.03. The lowest BCUT2D eigenvalue weighted by molar-refractivity contribution is 1.50. The Morgan fingerprint density at radius 2 is 1.39 bits per heavy atom. The Hall–Kier alpha value is -2.71. The number of benzene rings is 4. The van der Waals surface area contributed by atoms with Crippen LogP contribution < -0.4 is 0 Å². The van der Waals surface area contributed by atoms with Crippen LogP contribution in [0.2, 0.25) is 0 Å². The number of hydrogen-bond donors (Lipinski definition) is 0. The van der Waals surface area contributed by atoms with Gasteiger partial charge in [-0.3, -0.25) is 0 Å². The van der Waals surface area contributed by atoms with Crippen molar-refractivity contribution in [2.24, 2.45) is 0 Å². The lowest BCUT2D eigenvalue weighted by Gasteiger charge is -2.00. The normalized spacial score (nSPS) is 11.5. The van der Waals surface area contributed by atoms with Crippen LogP contribution in [0.15, 0.2) is 78.9 Å². The summed E-state index contributed by atoms with van der Waals surface area (Å²) in [5.41, 5.74) is 2.30. The fourth-order valence-electron chi connectivity index (χ4n) is 3.11. The number of nitrogens with zero attached hydrogens (tertiary/aromatic N) is 1. The van der Waals surface area contributed by atoms with Gasteiger partial charge >= 0.3 is 0 Å². The second-order valence-electron chi connectivity index (χ2n) is 5.71. The van der Waals surface area contributed by atoms with Crippen molar-refractivity contribution < 1.29 is 0 Å². The van der Waals surface area contributed by atoms with Crippen LogP contribution >= 0.6 is 11.3 Å². The third-order valence-electron chi connectivity index (χ3n) is 4.28. The first kappa shape index (κ1) is 12.8. The minimum Gasteiger partial charge on any atom is -0.235 e. The van der Waals surface area contributed by atoms with Gasteiger partial charge in [-0.2, -0.15) is 0 Å². The van der Waals surface area contributed by atoms with E-state index in [9.17, 15) is 0 Å². The van der Waals surface area contributed by atoms with Crippen molar-refractivity contribution in [1.29, 1.82) is 0 Å². The summed E-state index contributed by atoms with van der Waals surface area (Å²) in [6.07, 6.45) is 0. The molecule has 0 aliphatic carbocycles. The molecule has 1 aromatic heterocycles. The molecular formula is C21H13NS. The van der Waals surface area contributed by atoms with E-state index in [1.54, 1.807) is 11.3 Å². The Morgan fingerprint density at radius 1 is 0.652 bits per heavy atom. The Bertz CT molecular complexity index is 1170. The predicted octanol–water partition coefficient (Wildman–Crippen LogP) is 6.27. The molecule has 0 amide bonds. The fraction of sp³-hybridized carbons (Fsp3) is 0. The Morgan fingerprint density at radius 3 is 2.30 bits per heavy atom. The minimum atomic E-state index is 1.09. The molecular weight excluding hydrogens is 298 g/mol. The fourth-order valence-corrected chi connectivity index (χ4v) is 4.09. The quantitative estimate of drug-likeness (QED) is 0.355. The molecule has 0 fully saturated rings. The highest BCUT2D eigenvalue weighted by atomic mass is 32.1. The van der Waals surface area contributed by atoms with Crippen molar-refractivity contribution in [3.05, 3.63) is 78.9 Å². The molecule has 2 heteroatoms. The smallest absolute Gasteiger partial charge is 0.124 e. The summed E-state index contributed by atoms with van der Waals surface area (Å²) in [7, 11) is 0. The highest BCUT2D eigenvalue weighted by Gasteiger charge is 2.09. The van der Waals surface area contributed by atoms with Crippen LogP contribution in [0.1, 0.15) is 0 Å². The van der Waals surface area contributed by atoms with E-state index in [2.05, 4.69) is 78.9 Å². The Labute approximate surface area is 137 Å². The van der Waals surface area contributed by atoms with Crippen LogP contribution in [-0.2, 0) is 0 Å². The predicted molar refractivity (Wildman–Crippen MR) is 100 cm³/mol. The maximum Gasteiger partial charge on any atom is 0.124 e. The topological polar surface area (TPSA) is 12.9 Å². The molecule has 23 heavy (non-hydrogen) atoms. The second-order valence-corrected chi connectivity index (χ2v) is 6.75. The first-order chi connectivity index (χ1) is 11.4. The SMILES string of the molecule is c1ccc2cc(-c3nc4c(ccc5ccccc54)s3)ccc2c1. The van der Waals surface area contributed by atoms with Crippen molar-refractivity contribution in [1.82, 2.24) is 4.98 Å². The van der Waals surface area contributed by atoms with Gasteiger partial charge in [0.2, 0.25) is 0 Å². The molecule has 0 spiro atoms. The first-order valence-corrected chi connectivity index (χ1v) is 8.48. The first-order valence-electron chi connectivity index (χ1n) is 7.66. The molecule has 0 aliphatic heterocycles. The lowest BCUT2D eigenvalue weighted by atomic mass is 10.1. The van der Waals surface area contributed by atoms with Gasteiger partial charge in [0.25, 0.3) is 0 Å². The van der Waals surface area contributed by atoms with Crippen LogP contribution in [0.5, 0.6) is 0 Å². The van der Waals surface area contributed by atoms with E-state index < -0.39 is 0 Å². The average Bonchev–Trinajstić information content (AvgIpc) is 3.06. The molecule has 108 valence electrons. The summed E-state index contributed by atoms with van der Waals surface area (Å²) in [4.78, 5) is 4.94. The summed E-state index contributed by atoms with van der Waals surface area (Å²) in [6, 6.07) is 27.8. The van der Waals surface area contributed by atoms with Crippen molar-refractivity contribution in [2.75, 3.05) is 0 Å². The standard InChI is InChI=1S/C21H13NS/c1-2-7-16-13-17(10-9-14(16)5-1)21-22-20-18-8-4-3-6-15(18)11-12-19(20)23-21/h1-13H. The number of rotatable bonds is 1. The van der Waals surface area contributed by atoms with Gasteiger partial charge in [0, 0.05) is 10.9 Å². The van der Waals surface area contributed by atoms with Gasteiger partial charge in [0.1, 0.15) is 5.01 Å². The molecule has 0 bridgehead atoms. The van der Waals surface area contributed by atoms with E-state index in [1.165, 1.54) is 31.8 Å². The highest BCUT2D eigenvalue weighted by molar-refractivity contribution is 7.21. The summed E-state index contributed by atoms with van der Waals surface area (Å²) in [6.45, 7) is 0. The van der Waals surface area contributed by atoms with E-state index in [0.29, 0.717) is 0 Å². The zero-order valence-corrected chi connectivity index (χ0v) is 13.2. The van der Waals surface area contributed by atoms with Crippen LogP contribution in [0, 0.1) is 0 Å². The Balaban J connectivity index is 1.76. The van der Waals surface area contributed by atoms with E-state index in [-0.39, 0.29) is 0 Å². The van der Waals surface area contributed by atoms with Crippen LogP contribution in [-0.4, -0.2) is 4.98 Å². The van der Waals surface area contributed by atoms with Crippen LogP contribution in [0.4, 0.5) is 0 Å². The number of hydrogen-bond acceptors (Lipinski definition) is 2. The number of thiazole rings is 1. The zero-order valence-electron chi connectivity index (χ0n) is 12.4. The molecule has 0 N–H and O–H groups in total. The van der Waals surface area contributed by atoms with E-state index in [4.69, 9.17) is 4.98 Å². The van der Waals surface area contributed by atoms with Gasteiger partial charge in [-0.05, 0) is 28.3 Å². The molecule has 0 saturated heterocycles. The summed E-state index contributed by atoms with van der Waals surface area (Å²) in [5.74, 6) is 0. The van der Waals surface area contributed by atoms with Gasteiger partial charge in [-0.1, -0.05) is 66.7 Å². The van der Waals surface area contributed by atoms with E-state index >= 15 is 0 Å². The summed E-state index contributed by atoms with van der Waals surface area (Å²) >= 11 is 1.76. The Kier molecular flexibility index (Phi) is 2.73. The molecule has 0 saturated carbocycles. The van der Waals surface area contributed by atoms with E-state index in [0.717, 1.165) is 10.5 Å². The van der Waals surface area contributed by atoms with Crippen molar-refractivity contribution in [2.45, 2.75) is 0 Å². The monoisotopic (exact) mass is 311 g/mol. The zero-order chi connectivity index (χ0) is 15.2. The third-order valence-corrected chi connectivity index (χ3v) is 5.35. The second kappa shape index (κ2) is 4.90. The minimum absolute atomic E-state index is 1.09. The van der Waals surface area contributed by atoms with Crippen molar-refractivity contribution in [3.63, 3.8) is 0 Å². The maximum atomic E-state index is 4.94. The van der Waals surface area contributed by atoms with E-state index in [1.807, 2.05) is 0 Å². The largest absolute Gasteiger partial charge is 0.235 e. The van der Waals surface area contributed by atoms with Crippen molar-refractivity contribution >= 4 is 43.1 Å². The molecule has 1 nitrogen and oxygen atoms in total. The van der Waals surface area contributed by atoms with Gasteiger partial charge in [0.15, 0.2) is 0 Å². The molecule has 0 atom stereocenters. The molecule has 1 heterocycles. The lowest BCUT2D eigenvalue weighted by Crippen LogP contribution is -1.78. The van der Waals surface area contributed by atoms with Crippen molar-refractivity contribution in [3.8, 4) is 10.6 Å². The number of aromatic nitrogens is 1. The number of fused-ring (bicyclic) bond motifs is 4. The van der Waals surface area contributed by atoms with Gasteiger partial charge in [0.05, 0.1) is 10.2 Å².